The summed E-state index contributed by atoms with van der Waals surface area (Å²) in [4.78, 5) is 24.9. The second-order valence-corrected chi connectivity index (χ2v) is 9.60. The number of amides is 1. The summed E-state index contributed by atoms with van der Waals surface area (Å²) in [6.07, 6.45) is 3.82. The van der Waals surface area contributed by atoms with Gasteiger partial charge in [0.15, 0.2) is 11.6 Å². The Balaban J connectivity index is 1.56. The Bertz CT molecular complexity index is 1700. The van der Waals surface area contributed by atoms with Gasteiger partial charge in [-0.15, -0.1) is 0 Å². The van der Waals surface area contributed by atoms with E-state index in [4.69, 9.17) is 16.7 Å². The second kappa shape index (κ2) is 10.7. The fourth-order valence-corrected chi connectivity index (χ4v) is 4.54. The first kappa shape index (κ1) is 26.1. The molecule has 2 N–H and O–H groups in total. The Morgan fingerprint density at radius 2 is 1.69 bits per heavy atom. The zero-order chi connectivity index (χ0) is 27.7. The molecule has 2 heterocycles. The minimum Gasteiger partial charge on any atom is -0.478 e. The number of carboxylic acids is 1. The summed E-state index contributed by atoms with van der Waals surface area (Å²) in [7, 11) is 0. The monoisotopic (exact) mass is 545 g/mol. The van der Waals surface area contributed by atoms with E-state index in [0.29, 0.717) is 33.7 Å². The molecule has 5 aromatic rings. The summed E-state index contributed by atoms with van der Waals surface area (Å²) in [5, 5.41) is 17.2. The normalized spacial score (nSPS) is 11.9. The number of fused-ring (bicyclic) bond motifs is 1. The van der Waals surface area contributed by atoms with E-state index in [0.717, 1.165) is 28.8 Å². The molecular formula is C30H22ClF2N3O3. The molecular weight excluding hydrogens is 524 g/mol. The molecule has 0 fully saturated rings. The van der Waals surface area contributed by atoms with Crippen LogP contribution in [0.1, 0.15) is 50.4 Å². The van der Waals surface area contributed by atoms with E-state index in [1.165, 1.54) is 18.2 Å². The zero-order valence-electron chi connectivity index (χ0n) is 20.7. The SMILES string of the molecule is C[C@H](NC(=O)c1cc(-c2ccc(F)c(F)c2)cn2ncc(Cc3ccc(Cl)cc3)c12)c1ccc(C(=O)O)cc1. The standard InChI is InChI=1S/C30H22ClF2N3O3/c1-17(19-4-6-20(7-5-19)30(38)39)35-29(37)25-13-23(21-8-11-26(32)27(33)14-21)16-36-28(25)22(15-34-36)12-18-2-9-24(31)10-3-18/h2-11,13-17H,12H2,1H3,(H,35,37)(H,38,39)/t17-/m0/s1. The zero-order valence-corrected chi connectivity index (χ0v) is 21.4. The molecule has 6 nitrogen and oxygen atoms in total. The summed E-state index contributed by atoms with van der Waals surface area (Å²) in [6, 6.07) is 18.3. The highest BCUT2D eigenvalue weighted by Gasteiger charge is 2.20. The fourth-order valence-electron chi connectivity index (χ4n) is 4.42. The average molecular weight is 546 g/mol. The third kappa shape index (κ3) is 5.51. The van der Waals surface area contributed by atoms with Crippen molar-refractivity contribution in [3.8, 4) is 11.1 Å². The minimum absolute atomic E-state index is 0.143. The number of halogens is 3. The first-order chi connectivity index (χ1) is 18.7. The van der Waals surface area contributed by atoms with E-state index in [-0.39, 0.29) is 5.56 Å². The third-order valence-electron chi connectivity index (χ3n) is 6.50. The Morgan fingerprint density at radius 3 is 2.36 bits per heavy atom. The molecule has 1 atom stereocenters. The van der Waals surface area contributed by atoms with Gasteiger partial charge in [0, 0.05) is 28.8 Å². The van der Waals surface area contributed by atoms with Gasteiger partial charge in [-0.3, -0.25) is 4.79 Å². The first-order valence-corrected chi connectivity index (χ1v) is 12.4. The number of rotatable bonds is 7. The maximum atomic E-state index is 14.0. The van der Waals surface area contributed by atoms with Gasteiger partial charge in [0.2, 0.25) is 0 Å². The largest absolute Gasteiger partial charge is 0.478 e. The van der Waals surface area contributed by atoms with Gasteiger partial charge in [-0.2, -0.15) is 5.10 Å². The summed E-state index contributed by atoms with van der Waals surface area (Å²) in [5.41, 5.74) is 4.35. The number of carboxylic acid groups (broad SMARTS) is 1. The molecule has 3 aromatic carbocycles. The van der Waals surface area contributed by atoms with Gasteiger partial charge >= 0.3 is 5.97 Å². The Kier molecular flexibility index (Phi) is 7.13. The maximum absolute atomic E-state index is 14.0. The number of hydrogen-bond donors (Lipinski definition) is 2. The van der Waals surface area contributed by atoms with Crippen molar-refractivity contribution in [2.75, 3.05) is 0 Å². The number of nitrogens with zero attached hydrogens (tertiary/aromatic N) is 2. The van der Waals surface area contributed by atoms with Gasteiger partial charge in [-0.1, -0.05) is 41.9 Å². The van der Waals surface area contributed by atoms with Crippen LogP contribution >= 0.6 is 11.6 Å². The molecule has 0 unspecified atom stereocenters. The first-order valence-electron chi connectivity index (χ1n) is 12.0. The number of carbonyl (C=O) groups is 2. The van der Waals surface area contributed by atoms with Crippen LogP contribution in [0.2, 0.25) is 5.02 Å². The van der Waals surface area contributed by atoms with E-state index in [1.807, 2.05) is 12.1 Å². The highest BCUT2D eigenvalue weighted by Crippen LogP contribution is 2.28. The van der Waals surface area contributed by atoms with Crippen molar-refractivity contribution >= 4 is 29.0 Å². The lowest BCUT2D eigenvalue weighted by Gasteiger charge is -2.16. The van der Waals surface area contributed by atoms with Crippen LogP contribution in [0.25, 0.3) is 16.6 Å². The van der Waals surface area contributed by atoms with Gasteiger partial charge in [0.1, 0.15) is 0 Å². The van der Waals surface area contributed by atoms with Gasteiger partial charge < -0.3 is 10.4 Å². The quantitative estimate of drug-likeness (QED) is 0.238. The summed E-state index contributed by atoms with van der Waals surface area (Å²) < 4.78 is 29.2. The molecule has 0 aliphatic heterocycles. The average Bonchev–Trinajstić information content (AvgIpc) is 3.33. The van der Waals surface area contributed by atoms with Crippen LogP contribution < -0.4 is 5.32 Å². The van der Waals surface area contributed by atoms with Gasteiger partial charge in [0.05, 0.1) is 28.9 Å². The fraction of sp³-hybridized carbons (Fsp3) is 0.100. The molecule has 2 aromatic heterocycles. The van der Waals surface area contributed by atoms with Crippen molar-refractivity contribution in [3.05, 3.63) is 130 Å². The van der Waals surface area contributed by atoms with Crippen LogP contribution in [-0.4, -0.2) is 26.6 Å². The molecule has 0 aliphatic carbocycles. The number of hydrogen-bond acceptors (Lipinski definition) is 3. The summed E-state index contributed by atoms with van der Waals surface area (Å²) in [5.74, 6) is -3.41. The Labute approximate surface area is 227 Å². The number of benzene rings is 3. The third-order valence-corrected chi connectivity index (χ3v) is 6.75. The molecule has 0 spiro atoms. The lowest BCUT2D eigenvalue weighted by atomic mass is 10.00. The molecule has 196 valence electrons. The minimum atomic E-state index is -1.04. The topological polar surface area (TPSA) is 83.7 Å². The van der Waals surface area contributed by atoms with Gasteiger partial charge in [0.25, 0.3) is 5.91 Å². The number of carbonyl (C=O) groups excluding carboxylic acids is 1. The van der Waals surface area contributed by atoms with Crippen LogP contribution in [-0.2, 0) is 6.42 Å². The van der Waals surface area contributed by atoms with E-state index in [1.54, 1.807) is 54.2 Å². The van der Waals surface area contributed by atoms with E-state index in [2.05, 4.69) is 10.4 Å². The Morgan fingerprint density at radius 1 is 0.974 bits per heavy atom. The van der Waals surface area contributed by atoms with Crippen LogP contribution in [0.15, 0.2) is 85.2 Å². The summed E-state index contributed by atoms with van der Waals surface area (Å²) in [6.45, 7) is 1.79. The molecule has 5 rings (SSSR count). The molecule has 0 radical (unpaired) electrons. The van der Waals surface area contributed by atoms with Crippen molar-refractivity contribution in [2.45, 2.75) is 19.4 Å². The highest BCUT2D eigenvalue weighted by atomic mass is 35.5. The van der Waals surface area contributed by atoms with Crippen molar-refractivity contribution < 1.29 is 23.5 Å². The smallest absolute Gasteiger partial charge is 0.335 e. The molecule has 1 amide bonds. The molecule has 0 saturated heterocycles. The lowest BCUT2D eigenvalue weighted by molar-refractivity contribution is 0.0696. The van der Waals surface area contributed by atoms with Crippen LogP contribution in [0.3, 0.4) is 0 Å². The van der Waals surface area contributed by atoms with Gasteiger partial charge in [-0.05, 0) is 66.1 Å². The number of aromatic carboxylic acids is 1. The van der Waals surface area contributed by atoms with Crippen molar-refractivity contribution in [1.82, 2.24) is 14.9 Å². The van der Waals surface area contributed by atoms with E-state index in [9.17, 15) is 18.4 Å². The van der Waals surface area contributed by atoms with Crippen LogP contribution in [0.4, 0.5) is 8.78 Å². The Hall–Kier alpha value is -4.56. The van der Waals surface area contributed by atoms with E-state index >= 15 is 0 Å². The number of aromatic nitrogens is 2. The second-order valence-electron chi connectivity index (χ2n) is 9.16. The number of nitrogens with one attached hydrogen (secondary N) is 1. The molecule has 0 aliphatic rings. The molecule has 9 heteroatoms. The molecule has 0 bridgehead atoms. The predicted octanol–water partition coefficient (Wildman–Crippen LogP) is 6.71. The molecule has 0 saturated carbocycles. The molecule has 39 heavy (non-hydrogen) atoms. The lowest BCUT2D eigenvalue weighted by Crippen LogP contribution is -2.27. The van der Waals surface area contributed by atoms with Crippen molar-refractivity contribution in [1.29, 1.82) is 0 Å². The maximum Gasteiger partial charge on any atom is 0.335 e. The van der Waals surface area contributed by atoms with Crippen LogP contribution in [0.5, 0.6) is 0 Å². The highest BCUT2D eigenvalue weighted by molar-refractivity contribution is 6.30. The van der Waals surface area contributed by atoms with E-state index < -0.39 is 29.6 Å². The van der Waals surface area contributed by atoms with Crippen molar-refractivity contribution in [2.24, 2.45) is 0 Å². The van der Waals surface area contributed by atoms with Gasteiger partial charge in [-0.25, -0.2) is 18.1 Å². The van der Waals surface area contributed by atoms with Crippen molar-refractivity contribution in [3.63, 3.8) is 0 Å². The van der Waals surface area contributed by atoms with Crippen LogP contribution in [0, 0.1) is 11.6 Å². The predicted molar refractivity (Wildman–Crippen MR) is 144 cm³/mol. The summed E-state index contributed by atoms with van der Waals surface area (Å²) >= 11 is 6.03. The number of pyridine rings is 1.